The topological polar surface area (TPSA) is 175 Å². The van der Waals surface area contributed by atoms with Crippen LogP contribution in [0.15, 0.2) is 0 Å². The van der Waals surface area contributed by atoms with Crippen LogP contribution < -0.4 is 31.9 Å². The highest BCUT2D eigenvalue weighted by Gasteiger charge is 2.35. The lowest BCUT2D eigenvalue weighted by molar-refractivity contribution is -0.137. The number of carbonyl (C=O) groups excluding carboxylic acids is 6. The molecular formula is C22H36N6O6S2. The molecule has 0 unspecified atom stereocenters. The zero-order valence-electron chi connectivity index (χ0n) is 21.1. The second kappa shape index (κ2) is 13.7. The van der Waals surface area contributed by atoms with E-state index in [2.05, 4.69) is 31.9 Å². The minimum absolute atomic E-state index is 0.195. The van der Waals surface area contributed by atoms with E-state index >= 15 is 0 Å². The first-order valence-corrected chi connectivity index (χ1v) is 14.4. The lowest BCUT2D eigenvalue weighted by Gasteiger charge is -2.29. The van der Waals surface area contributed by atoms with E-state index in [-0.39, 0.29) is 24.1 Å². The van der Waals surface area contributed by atoms with Crippen LogP contribution in [-0.2, 0) is 28.8 Å². The first-order valence-electron chi connectivity index (χ1n) is 11.9. The lowest BCUT2D eigenvalue weighted by atomic mass is 10.0. The molecule has 2 heterocycles. The smallest absolute Gasteiger partial charge is 0.244 e. The Kier molecular flexibility index (Phi) is 11.3. The summed E-state index contributed by atoms with van der Waals surface area (Å²) in [7, 11) is 2.73. The molecule has 0 aliphatic carbocycles. The van der Waals surface area contributed by atoms with Gasteiger partial charge in [-0.2, -0.15) is 0 Å². The molecule has 0 spiro atoms. The second-order valence-corrected chi connectivity index (χ2v) is 12.1. The van der Waals surface area contributed by atoms with Gasteiger partial charge in [-0.25, -0.2) is 0 Å². The Hall–Kier alpha value is -2.48. The summed E-state index contributed by atoms with van der Waals surface area (Å²) in [6, 6.07) is -5.18. The molecule has 2 rings (SSSR count). The number of hydrogen-bond acceptors (Lipinski definition) is 8. The van der Waals surface area contributed by atoms with Crippen LogP contribution in [0.2, 0.25) is 0 Å². The molecule has 0 aromatic carbocycles. The Morgan fingerprint density at radius 3 is 1.86 bits per heavy atom. The molecule has 2 saturated heterocycles. The summed E-state index contributed by atoms with van der Waals surface area (Å²) in [5, 5.41) is 15.9. The molecule has 2 aliphatic heterocycles. The molecule has 2 bridgehead atoms. The van der Waals surface area contributed by atoms with Gasteiger partial charge in [-0.1, -0.05) is 49.3 Å². The predicted molar refractivity (Wildman–Crippen MR) is 138 cm³/mol. The quantitative estimate of drug-likeness (QED) is 0.232. The Bertz CT molecular complexity index is 870. The number of amides is 6. The van der Waals surface area contributed by atoms with Crippen molar-refractivity contribution in [1.29, 1.82) is 0 Å². The molecule has 0 saturated carbocycles. The molecule has 14 heteroatoms. The van der Waals surface area contributed by atoms with Crippen molar-refractivity contribution >= 4 is 57.0 Å². The van der Waals surface area contributed by atoms with E-state index in [0.29, 0.717) is 5.75 Å². The van der Waals surface area contributed by atoms with Crippen LogP contribution in [0.4, 0.5) is 0 Å². The van der Waals surface area contributed by atoms with Gasteiger partial charge in [-0.15, -0.1) is 0 Å². The first kappa shape index (κ1) is 29.7. The number of rotatable bonds is 2. The number of fused-ring (bicyclic) bond motifs is 7. The fourth-order valence-corrected chi connectivity index (χ4v) is 5.65. The van der Waals surface area contributed by atoms with Crippen LogP contribution in [0.25, 0.3) is 0 Å². The third-order valence-electron chi connectivity index (χ3n) is 5.72. The molecule has 12 nitrogen and oxygen atoms in total. The average molecular weight is 545 g/mol. The van der Waals surface area contributed by atoms with E-state index in [0.717, 1.165) is 0 Å². The fraction of sp³-hybridized carbons (Fsp3) is 0.727. The minimum Gasteiger partial charge on any atom is -0.353 e. The van der Waals surface area contributed by atoms with Crippen molar-refractivity contribution in [3.63, 3.8) is 0 Å². The van der Waals surface area contributed by atoms with Crippen molar-refractivity contribution in [2.45, 2.75) is 71.2 Å². The molecule has 0 radical (unpaired) electrons. The SMILES string of the molecule is CC(C)[C@@H]1NC(=O)[C@H](C)NC(=O)[C@H]2CSSCCNC(=O)[C@H](CC(=O)N[C@H](C(C)C)C(=O)N2)NC1=O. The van der Waals surface area contributed by atoms with Crippen LogP contribution in [0.5, 0.6) is 0 Å². The van der Waals surface area contributed by atoms with Gasteiger partial charge in [0.25, 0.3) is 0 Å². The van der Waals surface area contributed by atoms with E-state index in [9.17, 15) is 28.8 Å². The van der Waals surface area contributed by atoms with Gasteiger partial charge in [0.15, 0.2) is 0 Å². The van der Waals surface area contributed by atoms with Crippen LogP contribution in [0.3, 0.4) is 0 Å². The highest BCUT2D eigenvalue weighted by Crippen LogP contribution is 2.22. The maximum Gasteiger partial charge on any atom is 0.244 e. The van der Waals surface area contributed by atoms with E-state index in [1.165, 1.54) is 28.5 Å². The van der Waals surface area contributed by atoms with E-state index in [1.807, 2.05) is 0 Å². The van der Waals surface area contributed by atoms with Gasteiger partial charge in [0, 0.05) is 18.1 Å². The van der Waals surface area contributed by atoms with Gasteiger partial charge in [-0.05, 0) is 18.8 Å². The van der Waals surface area contributed by atoms with Crippen LogP contribution in [0, 0.1) is 11.8 Å². The highest BCUT2D eigenvalue weighted by molar-refractivity contribution is 8.76. The Labute approximate surface area is 218 Å². The third kappa shape index (κ3) is 8.57. The Balaban J connectivity index is 2.53. The monoisotopic (exact) mass is 544 g/mol. The predicted octanol–water partition coefficient (Wildman–Crippen LogP) is -1.34. The molecule has 6 amide bonds. The zero-order chi connectivity index (χ0) is 27.0. The normalized spacial score (nSPS) is 29.9. The summed E-state index contributed by atoms with van der Waals surface area (Å²) in [6.45, 7) is 8.68. The van der Waals surface area contributed by atoms with Crippen LogP contribution in [0.1, 0.15) is 41.0 Å². The van der Waals surface area contributed by atoms with E-state index < -0.39 is 72.1 Å². The molecule has 6 N–H and O–H groups in total. The van der Waals surface area contributed by atoms with E-state index in [1.54, 1.807) is 27.7 Å². The van der Waals surface area contributed by atoms with Crippen molar-refractivity contribution in [2.75, 3.05) is 18.1 Å². The number of hydrogen-bond donors (Lipinski definition) is 6. The lowest BCUT2D eigenvalue weighted by Crippen LogP contribution is -2.61. The molecule has 36 heavy (non-hydrogen) atoms. The summed E-state index contributed by atoms with van der Waals surface area (Å²) >= 11 is 0. The van der Waals surface area contributed by atoms with Crippen LogP contribution in [-0.4, -0.2) is 83.7 Å². The number of carbonyl (C=O) groups is 6. The van der Waals surface area contributed by atoms with Gasteiger partial charge < -0.3 is 31.9 Å². The van der Waals surface area contributed by atoms with Crippen molar-refractivity contribution in [2.24, 2.45) is 11.8 Å². The zero-order valence-corrected chi connectivity index (χ0v) is 22.8. The molecule has 202 valence electrons. The minimum atomic E-state index is -1.22. The Morgan fingerprint density at radius 2 is 1.25 bits per heavy atom. The maximum absolute atomic E-state index is 13.1. The highest BCUT2D eigenvalue weighted by atomic mass is 33.1. The summed E-state index contributed by atoms with van der Waals surface area (Å²) in [6.07, 6.45) is -0.408. The molecular weight excluding hydrogens is 508 g/mol. The van der Waals surface area contributed by atoms with Crippen LogP contribution >= 0.6 is 21.6 Å². The van der Waals surface area contributed by atoms with Crippen molar-refractivity contribution in [3.05, 3.63) is 0 Å². The first-order chi connectivity index (χ1) is 16.9. The molecule has 0 aromatic rings. The van der Waals surface area contributed by atoms with Crippen molar-refractivity contribution in [3.8, 4) is 0 Å². The molecule has 2 fully saturated rings. The van der Waals surface area contributed by atoms with Gasteiger partial charge in [-0.3, -0.25) is 28.8 Å². The fourth-order valence-electron chi connectivity index (χ4n) is 3.57. The summed E-state index contributed by atoms with van der Waals surface area (Å²) < 4.78 is 0. The summed E-state index contributed by atoms with van der Waals surface area (Å²) in [5.41, 5.74) is 0. The molecule has 0 aromatic heterocycles. The van der Waals surface area contributed by atoms with Gasteiger partial charge in [0.1, 0.15) is 30.2 Å². The number of nitrogens with one attached hydrogen (secondary N) is 6. The third-order valence-corrected chi connectivity index (χ3v) is 8.14. The van der Waals surface area contributed by atoms with Crippen molar-refractivity contribution in [1.82, 2.24) is 31.9 Å². The standard InChI is InChI=1S/C22H36N6O6S2/c1-10(2)16-21(33)26-14-9-36-35-7-6-23-19(31)13(8-15(29)27-16)25-22(34)17(11(3)4)28-18(30)12(5)24-20(14)32/h10-14,16-17H,6-9H2,1-5H3,(H,23,31)(H,24,32)(H,25,34)(H,26,33)(H,27,29)(H,28,30)/t12-,13-,14+,16+,17-/m0/s1. The average Bonchev–Trinajstić information content (AvgIpc) is 2.79. The summed E-state index contributed by atoms with van der Waals surface area (Å²) in [4.78, 5) is 77.8. The van der Waals surface area contributed by atoms with Gasteiger partial charge in [0.2, 0.25) is 35.4 Å². The van der Waals surface area contributed by atoms with Gasteiger partial charge in [0.05, 0.1) is 6.42 Å². The molecule has 2 aliphatic rings. The largest absolute Gasteiger partial charge is 0.353 e. The Morgan fingerprint density at radius 1 is 0.667 bits per heavy atom. The van der Waals surface area contributed by atoms with Gasteiger partial charge >= 0.3 is 0 Å². The van der Waals surface area contributed by atoms with Crippen molar-refractivity contribution < 1.29 is 28.8 Å². The van der Waals surface area contributed by atoms with E-state index in [4.69, 9.17) is 0 Å². The summed E-state index contributed by atoms with van der Waals surface area (Å²) in [5.74, 6) is -3.52. The second-order valence-electron chi connectivity index (χ2n) is 9.47. The molecule has 5 atom stereocenters. The maximum atomic E-state index is 13.1.